The highest BCUT2D eigenvalue weighted by atomic mass is 19.1. The number of amides is 1. The Kier molecular flexibility index (Phi) is 5.66. The summed E-state index contributed by atoms with van der Waals surface area (Å²) >= 11 is 0. The lowest BCUT2D eigenvalue weighted by Gasteiger charge is -2.32. The number of ether oxygens (including phenoxy) is 1. The summed E-state index contributed by atoms with van der Waals surface area (Å²) < 4.78 is 18.6. The average molecular weight is 343 g/mol. The van der Waals surface area contributed by atoms with E-state index in [4.69, 9.17) is 9.84 Å². The number of benzene rings is 2. The molecule has 1 unspecified atom stereocenters. The van der Waals surface area contributed by atoms with Crippen molar-refractivity contribution >= 4 is 5.91 Å². The van der Waals surface area contributed by atoms with Crippen LogP contribution in [0.3, 0.4) is 0 Å². The van der Waals surface area contributed by atoms with Gasteiger partial charge in [-0.15, -0.1) is 0 Å². The van der Waals surface area contributed by atoms with Crippen LogP contribution in [0.4, 0.5) is 4.39 Å². The number of carbonyl (C=O) groups excluding carboxylic acids is 1. The van der Waals surface area contributed by atoms with Crippen LogP contribution in [0.2, 0.25) is 0 Å². The lowest BCUT2D eigenvalue weighted by molar-refractivity contribution is 0.0633. The molecular weight excluding hydrogens is 321 g/mol. The molecule has 1 N–H and O–H groups in total. The standard InChI is InChI=1S/C20H22FNO3/c21-18-7-9-19(10-8-18)25-14-16-2-1-11-22(12-16)20(24)17-5-3-15(13-23)4-6-17/h3-10,16,23H,1-2,11-14H2. The lowest BCUT2D eigenvalue weighted by atomic mass is 9.98. The molecule has 0 bridgehead atoms. The van der Waals surface area contributed by atoms with Gasteiger partial charge in [0.25, 0.3) is 5.91 Å². The van der Waals surface area contributed by atoms with E-state index in [0.29, 0.717) is 24.5 Å². The van der Waals surface area contributed by atoms with Crippen LogP contribution in [0.5, 0.6) is 5.75 Å². The van der Waals surface area contributed by atoms with Crippen molar-refractivity contribution in [2.75, 3.05) is 19.7 Å². The first-order chi connectivity index (χ1) is 12.2. The molecule has 1 aliphatic rings. The lowest BCUT2D eigenvalue weighted by Crippen LogP contribution is -2.41. The molecule has 1 heterocycles. The molecule has 5 heteroatoms. The van der Waals surface area contributed by atoms with E-state index < -0.39 is 0 Å². The second-order valence-corrected chi connectivity index (χ2v) is 6.38. The van der Waals surface area contributed by atoms with Crippen LogP contribution >= 0.6 is 0 Å². The Bertz CT molecular complexity index is 700. The summed E-state index contributed by atoms with van der Waals surface area (Å²) in [6, 6.07) is 13.0. The third-order valence-electron chi connectivity index (χ3n) is 4.49. The van der Waals surface area contributed by atoms with Gasteiger partial charge in [-0.1, -0.05) is 12.1 Å². The zero-order valence-corrected chi connectivity index (χ0v) is 14.0. The van der Waals surface area contributed by atoms with Gasteiger partial charge in [-0.05, 0) is 54.8 Å². The number of hydrogen-bond acceptors (Lipinski definition) is 3. The summed E-state index contributed by atoms with van der Waals surface area (Å²) in [6.45, 7) is 1.88. The van der Waals surface area contributed by atoms with Gasteiger partial charge in [0.1, 0.15) is 11.6 Å². The third kappa shape index (κ3) is 4.57. The van der Waals surface area contributed by atoms with Gasteiger partial charge in [0.15, 0.2) is 0 Å². The van der Waals surface area contributed by atoms with Crippen molar-refractivity contribution in [2.24, 2.45) is 5.92 Å². The van der Waals surface area contributed by atoms with Crippen LogP contribution in [0.25, 0.3) is 0 Å². The summed E-state index contributed by atoms with van der Waals surface area (Å²) in [5.41, 5.74) is 1.43. The van der Waals surface area contributed by atoms with Gasteiger partial charge < -0.3 is 14.7 Å². The van der Waals surface area contributed by atoms with Crippen LogP contribution < -0.4 is 4.74 Å². The van der Waals surface area contributed by atoms with Gasteiger partial charge in [0, 0.05) is 24.6 Å². The summed E-state index contributed by atoms with van der Waals surface area (Å²) in [4.78, 5) is 14.5. The molecule has 2 aromatic carbocycles. The van der Waals surface area contributed by atoms with E-state index in [2.05, 4.69) is 0 Å². The molecular formula is C20H22FNO3. The number of aliphatic hydroxyl groups excluding tert-OH is 1. The van der Waals surface area contributed by atoms with Gasteiger partial charge in [-0.2, -0.15) is 0 Å². The molecule has 1 amide bonds. The number of nitrogens with zero attached hydrogens (tertiary/aromatic N) is 1. The predicted octanol–water partition coefficient (Wildman–Crippen LogP) is 3.25. The molecule has 1 saturated heterocycles. The molecule has 3 rings (SSSR count). The van der Waals surface area contributed by atoms with Gasteiger partial charge >= 0.3 is 0 Å². The first-order valence-electron chi connectivity index (χ1n) is 8.53. The molecule has 0 radical (unpaired) electrons. The summed E-state index contributed by atoms with van der Waals surface area (Å²) in [5, 5.41) is 9.09. The van der Waals surface area contributed by atoms with Crippen LogP contribution in [-0.4, -0.2) is 35.6 Å². The Morgan fingerprint density at radius 3 is 2.56 bits per heavy atom. The Morgan fingerprint density at radius 2 is 1.88 bits per heavy atom. The van der Waals surface area contributed by atoms with E-state index in [-0.39, 0.29) is 24.2 Å². The molecule has 2 aromatic rings. The maximum Gasteiger partial charge on any atom is 0.253 e. The minimum atomic E-state index is -0.283. The van der Waals surface area contributed by atoms with Gasteiger partial charge in [0.05, 0.1) is 13.2 Å². The topological polar surface area (TPSA) is 49.8 Å². The van der Waals surface area contributed by atoms with Crippen molar-refractivity contribution < 1.29 is 19.0 Å². The van der Waals surface area contributed by atoms with Gasteiger partial charge in [0.2, 0.25) is 0 Å². The quantitative estimate of drug-likeness (QED) is 0.907. The Hall–Kier alpha value is -2.40. The molecule has 25 heavy (non-hydrogen) atoms. The number of likely N-dealkylation sites (tertiary alicyclic amines) is 1. The minimum Gasteiger partial charge on any atom is -0.493 e. The molecule has 0 aliphatic carbocycles. The van der Waals surface area contributed by atoms with E-state index in [0.717, 1.165) is 24.9 Å². The normalized spacial score (nSPS) is 17.4. The second-order valence-electron chi connectivity index (χ2n) is 6.38. The first-order valence-corrected chi connectivity index (χ1v) is 8.53. The minimum absolute atomic E-state index is 0.0102. The first kappa shape index (κ1) is 17.4. The fourth-order valence-corrected chi connectivity index (χ4v) is 3.07. The largest absolute Gasteiger partial charge is 0.493 e. The van der Waals surface area contributed by atoms with E-state index in [9.17, 15) is 9.18 Å². The second kappa shape index (κ2) is 8.12. The molecule has 132 valence electrons. The number of halogens is 1. The number of rotatable bonds is 5. The average Bonchev–Trinajstić information content (AvgIpc) is 2.67. The van der Waals surface area contributed by atoms with Crippen LogP contribution in [0.1, 0.15) is 28.8 Å². The molecule has 0 aromatic heterocycles. The highest BCUT2D eigenvalue weighted by Gasteiger charge is 2.25. The highest BCUT2D eigenvalue weighted by molar-refractivity contribution is 5.94. The Morgan fingerprint density at radius 1 is 1.16 bits per heavy atom. The fraction of sp³-hybridized carbons (Fsp3) is 0.350. The summed E-state index contributed by atoms with van der Waals surface area (Å²) in [5.74, 6) is 0.633. The third-order valence-corrected chi connectivity index (χ3v) is 4.49. The molecule has 4 nitrogen and oxygen atoms in total. The number of aliphatic hydroxyl groups is 1. The van der Waals surface area contributed by atoms with E-state index in [1.54, 1.807) is 36.4 Å². The van der Waals surface area contributed by atoms with Crippen LogP contribution in [0.15, 0.2) is 48.5 Å². The number of carbonyl (C=O) groups is 1. The summed E-state index contributed by atoms with van der Waals surface area (Å²) in [7, 11) is 0. The summed E-state index contributed by atoms with van der Waals surface area (Å²) in [6.07, 6.45) is 1.95. The van der Waals surface area contributed by atoms with Crippen molar-refractivity contribution in [3.63, 3.8) is 0 Å². The maximum atomic E-state index is 12.9. The number of piperidine rings is 1. The fourth-order valence-electron chi connectivity index (χ4n) is 3.07. The Balaban J connectivity index is 1.56. The molecule has 0 spiro atoms. The Labute approximate surface area is 146 Å². The van der Waals surface area contributed by atoms with Crippen molar-refractivity contribution in [1.82, 2.24) is 4.90 Å². The zero-order chi connectivity index (χ0) is 17.6. The zero-order valence-electron chi connectivity index (χ0n) is 14.0. The molecule has 1 atom stereocenters. The monoisotopic (exact) mass is 343 g/mol. The van der Waals surface area contributed by atoms with E-state index in [1.807, 2.05) is 4.90 Å². The maximum absolute atomic E-state index is 12.9. The highest BCUT2D eigenvalue weighted by Crippen LogP contribution is 2.21. The van der Waals surface area contributed by atoms with Crippen molar-refractivity contribution in [1.29, 1.82) is 0 Å². The predicted molar refractivity (Wildman–Crippen MR) is 92.9 cm³/mol. The molecule has 0 saturated carbocycles. The van der Waals surface area contributed by atoms with Crippen molar-refractivity contribution in [3.8, 4) is 5.75 Å². The molecule has 1 fully saturated rings. The van der Waals surface area contributed by atoms with Crippen LogP contribution in [0, 0.1) is 11.7 Å². The van der Waals surface area contributed by atoms with Crippen molar-refractivity contribution in [2.45, 2.75) is 19.4 Å². The van der Waals surface area contributed by atoms with E-state index >= 15 is 0 Å². The van der Waals surface area contributed by atoms with Gasteiger partial charge in [-0.3, -0.25) is 4.79 Å². The number of hydrogen-bond donors (Lipinski definition) is 1. The van der Waals surface area contributed by atoms with Crippen molar-refractivity contribution in [3.05, 3.63) is 65.5 Å². The SMILES string of the molecule is O=C(c1ccc(CO)cc1)N1CCCC(COc2ccc(F)cc2)C1. The van der Waals surface area contributed by atoms with Gasteiger partial charge in [-0.25, -0.2) is 4.39 Å². The van der Waals surface area contributed by atoms with Crippen LogP contribution in [-0.2, 0) is 6.61 Å². The van der Waals surface area contributed by atoms with E-state index in [1.165, 1.54) is 12.1 Å². The molecule has 1 aliphatic heterocycles. The smallest absolute Gasteiger partial charge is 0.253 e.